The normalized spacial score (nSPS) is 15.0. The van der Waals surface area contributed by atoms with Crippen molar-refractivity contribution in [2.75, 3.05) is 0 Å². The van der Waals surface area contributed by atoms with E-state index >= 15 is 0 Å². The lowest BCUT2D eigenvalue weighted by Gasteiger charge is -2.06. The van der Waals surface area contributed by atoms with E-state index in [0.29, 0.717) is 6.54 Å². The van der Waals surface area contributed by atoms with E-state index in [-0.39, 0.29) is 0 Å². The molecule has 6 nitrogen and oxygen atoms in total. The molecule has 3 heterocycles. The van der Waals surface area contributed by atoms with Gasteiger partial charge in [-0.2, -0.15) is 5.10 Å². The molecule has 0 aliphatic carbocycles. The van der Waals surface area contributed by atoms with Crippen LogP contribution in [0.2, 0.25) is 0 Å². The lowest BCUT2D eigenvalue weighted by atomic mass is 10.1. The zero-order valence-corrected chi connectivity index (χ0v) is 13.9. The number of aryl methyl sites for hydroxylation is 2. The van der Waals surface area contributed by atoms with Crippen molar-refractivity contribution in [2.24, 2.45) is 12.0 Å². The van der Waals surface area contributed by atoms with Crippen molar-refractivity contribution >= 4 is 5.71 Å². The predicted molar refractivity (Wildman–Crippen MR) is 90.8 cm³/mol. The van der Waals surface area contributed by atoms with Gasteiger partial charge in [-0.1, -0.05) is 30.4 Å². The number of hydrogen-bond acceptors (Lipinski definition) is 4. The minimum atomic E-state index is 0.487. The summed E-state index contributed by atoms with van der Waals surface area (Å²) >= 11 is 0. The summed E-state index contributed by atoms with van der Waals surface area (Å²) < 4.78 is 3.83. The lowest BCUT2D eigenvalue weighted by molar-refractivity contribution is 0.761. The Morgan fingerprint density at radius 2 is 2.04 bits per heavy atom. The zero-order valence-electron chi connectivity index (χ0n) is 13.9. The van der Waals surface area contributed by atoms with E-state index in [9.17, 15) is 0 Å². The SMILES string of the molecule is C\C=C/C=C(\C=C/C)C1=NCc2nnc(C)n2-c2cn(C)nc21. The largest absolute Gasteiger partial charge is 0.278 e. The highest BCUT2D eigenvalue weighted by atomic mass is 15.3. The average Bonchev–Trinajstić information content (AvgIpc) is 3.03. The van der Waals surface area contributed by atoms with Crippen LogP contribution in [0.25, 0.3) is 5.69 Å². The van der Waals surface area contributed by atoms with Gasteiger partial charge in [-0.3, -0.25) is 14.2 Å². The van der Waals surface area contributed by atoms with Crippen LogP contribution in [-0.4, -0.2) is 30.3 Å². The first-order valence-corrected chi connectivity index (χ1v) is 7.61. The molecule has 3 rings (SSSR count). The molecule has 0 amide bonds. The molecular weight excluding hydrogens is 288 g/mol. The van der Waals surface area contributed by atoms with Crippen molar-refractivity contribution in [3.63, 3.8) is 0 Å². The maximum Gasteiger partial charge on any atom is 0.159 e. The van der Waals surface area contributed by atoms with Gasteiger partial charge in [0, 0.05) is 18.8 Å². The van der Waals surface area contributed by atoms with Crippen LogP contribution in [0.4, 0.5) is 0 Å². The highest BCUT2D eigenvalue weighted by Gasteiger charge is 2.24. The van der Waals surface area contributed by atoms with E-state index < -0.39 is 0 Å². The molecule has 2 aromatic heterocycles. The van der Waals surface area contributed by atoms with Crippen LogP contribution in [0.5, 0.6) is 0 Å². The summed E-state index contributed by atoms with van der Waals surface area (Å²) in [6.45, 7) is 6.43. The van der Waals surface area contributed by atoms with Crippen LogP contribution in [0.1, 0.15) is 31.2 Å². The first kappa shape index (κ1) is 15.1. The molecule has 0 atom stereocenters. The number of fused-ring (bicyclic) bond motifs is 3. The van der Waals surface area contributed by atoms with E-state index in [2.05, 4.69) is 27.4 Å². The number of allylic oxidation sites excluding steroid dienone is 6. The van der Waals surface area contributed by atoms with Crippen LogP contribution in [0.3, 0.4) is 0 Å². The van der Waals surface area contributed by atoms with Crippen molar-refractivity contribution in [1.82, 2.24) is 24.5 Å². The third-order valence-electron chi connectivity index (χ3n) is 3.63. The van der Waals surface area contributed by atoms with Gasteiger partial charge in [0.2, 0.25) is 0 Å². The van der Waals surface area contributed by atoms with Crippen molar-refractivity contribution in [1.29, 1.82) is 0 Å². The van der Waals surface area contributed by atoms with Crippen LogP contribution < -0.4 is 0 Å². The number of hydrogen-bond donors (Lipinski definition) is 0. The molecule has 1 aliphatic heterocycles. The van der Waals surface area contributed by atoms with E-state index in [0.717, 1.165) is 34.3 Å². The fraction of sp³-hybridized carbons (Fsp3) is 0.294. The monoisotopic (exact) mass is 308 g/mol. The van der Waals surface area contributed by atoms with Gasteiger partial charge < -0.3 is 0 Å². The van der Waals surface area contributed by atoms with Crippen molar-refractivity contribution in [3.05, 3.63) is 59.5 Å². The van der Waals surface area contributed by atoms with Crippen molar-refractivity contribution in [3.8, 4) is 5.69 Å². The molecule has 6 heteroatoms. The Labute approximate surface area is 135 Å². The highest BCUT2D eigenvalue weighted by Crippen LogP contribution is 2.24. The minimum Gasteiger partial charge on any atom is -0.278 e. The number of aromatic nitrogens is 5. The third-order valence-corrected chi connectivity index (χ3v) is 3.63. The van der Waals surface area contributed by atoms with Crippen molar-refractivity contribution in [2.45, 2.75) is 27.3 Å². The van der Waals surface area contributed by atoms with Crippen molar-refractivity contribution < 1.29 is 0 Å². The molecule has 0 bridgehead atoms. The summed E-state index contributed by atoms with van der Waals surface area (Å²) in [4.78, 5) is 4.77. The Bertz CT molecular complexity index is 845. The van der Waals surface area contributed by atoms with E-state index in [1.165, 1.54) is 0 Å². The first-order valence-electron chi connectivity index (χ1n) is 7.61. The smallest absolute Gasteiger partial charge is 0.159 e. The first-order chi connectivity index (χ1) is 11.2. The standard InChI is InChI=1S/C17H20N6/c1-5-7-9-13(8-6-2)16-17-14(11-22(4)21-17)23-12(3)19-20-15(23)10-18-16/h5-9,11H,10H2,1-4H3/b7-5-,8-6-,13-9+. The van der Waals surface area contributed by atoms with Crippen LogP contribution in [-0.2, 0) is 13.6 Å². The average molecular weight is 308 g/mol. The number of rotatable bonds is 3. The fourth-order valence-electron chi connectivity index (χ4n) is 2.68. The summed E-state index contributed by atoms with van der Waals surface area (Å²) in [5, 5.41) is 13.0. The molecule has 0 N–H and O–H groups in total. The molecule has 2 aromatic rings. The van der Waals surface area contributed by atoms with Crippen LogP contribution in [0, 0.1) is 6.92 Å². The Kier molecular flexibility index (Phi) is 4.06. The van der Waals surface area contributed by atoms with E-state index in [1.54, 1.807) is 4.68 Å². The Morgan fingerprint density at radius 1 is 1.22 bits per heavy atom. The summed E-state index contributed by atoms with van der Waals surface area (Å²) in [5.74, 6) is 1.67. The maximum atomic E-state index is 4.77. The molecule has 0 saturated carbocycles. The third kappa shape index (κ3) is 2.67. The molecule has 1 aliphatic rings. The van der Waals surface area contributed by atoms with Gasteiger partial charge in [0.1, 0.15) is 18.1 Å². The molecular formula is C17H20N6. The summed E-state index contributed by atoms with van der Waals surface area (Å²) in [5.41, 5.74) is 3.73. The van der Waals surface area contributed by atoms with E-state index in [1.807, 2.05) is 56.8 Å². The second kappa shape index (κ2) is 6.16. The van der Waals surface area contributed by atoms with E-state index in [4.69, 9.17) is 4.99 Å². The number of aliphatic imine (C=N–C) groups is 1. The fourth-order valence-corrected chi connectivity index (χ4v) is 2.68. The summed E-state index contributed by atoms with van der Waals surface area (Å²) in [6.07, 6.45) is 12.1. The van der Waals surface area contributed by atoms with Crippen LogP contribution in [0.15, 0.2) is 47.1 Å². The molecule has 0 unspecified atom stereocenters. The second-order valence-electron chi connectivity index (χ2n) is 5.35. The molecule has 0 spiro atoms. The molecule has 0 fully saturated rings. The Hall–Kier alpha value is -2.76. The van der Waals surface area contributed by atoms with Gasteiger partial charge in [-0.25, -0.2) is 0 Å². The Balaban J connectivity index is 2.22. The molecule has 118 valence electrons. The molecule has 23 heavy (non-hydrogen) atoms. The topological polar surface area (TPSA) is 60.9 Å². The summed E-state index contributed by atoms with van der Waals surface area (Å²) in [7, 11) is 1.91. The number of nitrogens with zero attached hydrogens (tertiary/aromatic N) is 6. The molecule has 0 saturated heterocycles. The predicted octanol–water partition coefficient (Wildman–Crippen LogP) is 2.69. The lowest BCUT2D eigenvalue weighted by Crippen LogP contribution is -2.08. The summed E-state index contributed by atoms with van der Waals surface area (Å²) in [6, 6.07) is 0. The maximum absolute atomic E-state index is 4.77. The van der Waals surface area contributed by atoms with Gasteiger partial charge in [-0.05, 0) is 20.8 Å². The zero-order chi connectivity index (χ0) is 16.4. The van der Waals surface area contributed by atoms with Crippen LogP contribution >= 0.6 is 0 Å². The van der Waals surface area contributed by atoms with Gasteiger partial charge in [0.25, 0.3) is 0 Å². The molecule has 0 aromatic carbocycles. The molecule has 0 radical (unpaired) electrons. The van der Waals surface area contributed by atoms with Gasteiger partial charge in [0.15, 0.2) is 5.82 Å². The highest BCUT2D eigenvalue weighted by molar-refractivity contribution is 6.15. The van der Waals surface area contributed by atoms with Gasteiger partial charge in [0.05, 0.1) is 11.4 Å². The Morgan fingerprint density at radius 3 is 2.78 bits per heavy atom. The van der Waals surface area contributed by atoms with Gasteiger partial charge >= 0.3 is 0 Å². The second-order valence-corrected chi connectivity index (χ2v) is 5.35. The van der Waals surface area contributed by atoms with Gasteiger partial charge in [-0.15, -0.1) is 10.2 Å². The minimum absolute atomic E-state index is 0.487. The quantitative estimate of drug-likeness (QED) is 0.819.